The third-order valence-corrected chi connectivity index (χ3v) is 4.63. The summed E-state index contributed by atoms with van der Waals surface area (Å²) in [5.41, 5.74) is -0.668. The van der Waals surface area contributed by atoms with E-state index in [4.69, 9.17) is 16.3 Å². The van der Waals surface area contributed by atoms with E-state index < -0.39 is 23.4 Å². The lowest BCUT2D eigenvalue weighted by molar-refractivity contribution is 0.0290. The number of hydrogen-bond donors (Lipinski definition) is 1. The Morgan fingerprint density at radius 3 is 2.71 bits per heavy atom. The molecule has 0 saturated carbocycles. The van der Waals surface area contributed by atoms with E-state index in [0.29, 0.717) is 24.0 Å². The molecule has 0 spiro atoms. The molecule has 1 saturated heterocycles. The van der Waals surface area contributed by atoms with Gasteiger partial charge >= 0.3 is 6.09 Å². The van der Waals surface area contributed by atoms with E-state index in [1.165, 1.54) is 11.0 Å². The molecule has 1 atom stereocenters. The predicted octanol–water partition coefficient (Wildman–Crippen LogP) is 3.98. The summed E-state index contributed by atoms with van der Waals surface area (Å²) in [7, 11) is 0. The molecule has 132 valence electrons. The zero-order chi connectivity index (χ0) is 18.1. The van der Waals surface area contributed by atoms with E-state index in [-0.39, 0.29) is 16.6 Å². The third kappa shape index (κ3) is 4.83. The molecule has 0 bridgehead atoms. The number of hydrogen-bond acceptors (Lipinski definition) is 3. The Hall–Kier alpha value is -1.34. The molecule has 5 nitrogen and oxygen atoms in total. The second kappa shape index (κ2) is 7.27. The summed E-state index contributed by atoms with van der Waals surface area (Å²) in [6, 6.07) is 2.18. The van der Waals surface area contributed by atoms with E-state index in [1.54, 1.807) is 20.8 Å². The van der Waals surface area contributed by atoms with E-state index in [0.717, 1.165) is 6.07 Å². The number of likely N-dealkylation sites (tertiary alicyclic amines) is 1. The van der Waals surface area contributed by atoms with Crippen molar-refractivity contribution in [1.82, 2.24) is 10.2 Å². The second-order valence-corrected chi connectivity index (χ2v) is 7.89. The molecule has 0 radical (unpaired) electrons. The number of halogens is 3. The summed E-state index contributed by atoms with van der Waals surface area (Å²) in [4.78, 5) is 25.8. The lowest BCUT2D eigenvalue weighted by Crippen LogP contribution is -2.40. The standard InChI is InChI=1S/C16H19BrClFN2O3/c1-16(2,3)24-15(23)21-5-4-9(8-21)20-14(22)10-6-11(17)12(18)7-13(10)19/h6-7,9H,4-5,8H2,1-3H3,(H,20,22)/t9-/m0/s1. The van der Waals surface area contributed by atoms with E-state index in [9.17, 15) is 14.0 Å². The maximum atomic E-state index is 13.9. The Morgan fingerprint density at radius 1 is 1.42 bits per heavy atom. The highest BCUT2D eigenvalue weighted by Crippen LogP contribution is 2.26. The average Bonchev–Trinajstić information content (AvgIpc) is 2.89. The summed E-state index contributed by atoms with van der Waals surface area (Å²) < 4.78 is 19.6. The van der Waals surface area contributed by atoms with Gasteiger partial charge < -0.3 is 15.0 Å². The molecule has 0 aliphatic carbocycles. The first-order valence-corrected chi connectivity index (χ1v) is 8.67. The Morgan fingerprint density at radius 2 is 2.08 bits per heavy atom. The molecule has 0 unspecified atom stereocenters. The van der Waals surface area contributed by atoms with Gasteiger partial charge in [-0.25, -0.2) is 9.18 Å². The summed E-state index contributed by atoms with van der Waals surface area (Å²) in [5.74, 6) is -1.23. The molecule has 0 aromatic heterocycles. The van der Waals surface area contributed by atoms with Crippen LogP contribution in [0.2, 0.25) is 5.02 Å². The summed E-state index contributed by atoms with van der Waals surface area (Å²) in [6.07, 6.45) is 0.168. The fourth-order valence-electron chi connectivity index (χ4n) is 2.33. The van der Waals surface area contributed by atoms with Gasteiger partial charge in [-0.2, -0.15) is 0 Å². The highest BCUT2D eigenvalue weighted by molar-refractivity contribution is 9.10. The first-order valence-electron chi connectivity index (χ1n) is 7.50. The third-order valence-electron chi connectivity index (χ3n) is 3.43. The van der Waals surface area contributed by atoms with Gasteiger partial charge in [-0.3, -0.25) is 4.79 Å². The molecular weight excluding hydrogens is 403 g/mol. The van der Waals surface area contributed by atoms with Crippen molar-refractivity contribution in [3.05, 3.63) is 33.0 Å². The van der Waals surface area contributed by atoms with Crippen LogP contribution in [0.1, 0.15) is 37.6 Å². The topological polar surface area (TPSA) is 58.6 Å². The van der Waals surface area contributed by atoms with Crippen LogP contribution in [0.3, 0.4) is 0 Å². The Kier molecular flexibility index (Phi) is 5.75. The largest absolute Gasteiger partial charge is 0.444 e. The highest BCUT2D eigenvalue weighted by atomic mass is 79.9. The van der Waals surface area contributed by atoms with Gasteiger partial charge in [0.25, 0.3) is 5.91 Å². The Bertz CT molecular complexity index is 663. The zero-order valence-corrected chi connectivity index (χ0v) is 16.0. The molecule has 2 amide bonds. The van der Waals surface area contributed by atoms with Crippen molar-refractivity contribution in [2.75, 3.05) is 13.1 Å². The maximum Gasteiger partial charge on any atom is 0.410 e. The number of nitrogens with zero attached hydrogens (tertiary/aromatic N) is 1. The minimum Gasteiger partial charge on any atom is -0.444 e. The van der Waals surface area contributed by atoms with Gasteiger partial charge in [0.15, 0.2) is 0 Å². The van der Waals surface area contributed by atoms with E-state index in [2.05, 4.69) is 21.2 Å². The number of carbonyl (C=O) groups is 2. The number of nitrogens with one attached hydrogen (secondary N) is 1. The fourth-order valence-corrected chi connectivity index (χ4v) is 2.82. The predicted molar refractivity (Wildman–Crippen MR) is 92.8 cm³/mol. The normalized spacial score (nSPS) is 17.8. The van der Waals surface area contributed by atoms with Gasteiger partial charge in [-0.1, -0.05) is 11.6 Å². The first-order chi connectivity index (χ1) is 11.1. The number of amides is 2. The molecule has 1 heterocycles. The van der Waals surface area contributed by atoms with Crippen LogP contribution in [0.5, 0.6) is 0 Å². The van der Waals surface area contributed by atoms with Gasteiger partial charge in [0.2, 0.25) is 0 Å². The van der Waals surface area contributed by atoms with Crippen molar-refractivity contribution in [1.29, 1.82) is 0 Å². The molecule has 24 heavy (non-hydrogen) atoms. The summed E-state index contributed by atoms with van der Waals surface area (Å²) >= 11 is 8.96. The monoisotopic (exact) mass is 420 g/mol. The highest BCUT2D eigenvalue weighted by Gasteiger charge is 2.31. The molecule has 1 N–H and O–H groups in total. The smallest absolute Gasteiger partial charge is 0.410 e. The first kappa shape index (κ1) is 19.0. The molecule has 1 aromatic carbocycles. The Balaban J connectivity index is 1.97. The van der Waals surface area contributed by atoms with Gasteiger partial charge in [0.05, 0.1) is 10.6 Å². The number of benzene rings is 1. The van der Waals surface area contributed by atoms with Crippen molar-refractivity contribution in [2.45, 2.75) is 38.8 Å². The maximum absolute atomic E-state index is 13.9. The van der Waals surface area contributed by atoms with E-state index >= 15 is 0 Å². The number of ether oxygens (including phenoxy) is 1. The summed E-state index contributed by atoms with van der Waals surface area (Å²) in [5, 5.41) is 2.93. The van der Waals surface area contributed by atoms with Crippen molar-refractivity contribution in [3.8, 4) is 0 Å². The minimum absolute atomic E-state index is 0.0954. The Labute approximate surface area is 153 Å². The number of carbonyl (C=O) groups excluding carboxylic acids is 2. The molecule has 2 rings (SSSR count). The number of rotatable bonds is 2. The van der Waals surface area contributed by atoms with Gasteiger partial charge in [-0.15, -0.1) is 0 Å². The van der Waals surface area contributed by atoms with Crippen LogP contribution in [0.15, 0.2) is 16.6 Å². The minimum atomic E-state index is -0.692. The molecule has 8 heteroatoms. The van der Waals surface area contributed by atoms with Crippen molar-refractivity contribution in [2.24, 2.45) is 0 Å². The molecule has 1 fully saturated rings. The van der Waals surface area contributed by atoms with Gasteiger partial charge in [0.1, 0.15) is 11.4 Å². The fraction of sp³-hybridized carbons (Fsp3) is 0.500. The van der Waals surface area contributed by atoms with Crippen molar-refractivity contribution in [3.63, 3.8) is 0 Å². The average molecular weight is 422 g/mol. The van der Waals surface area contributed by atoms with Gasteiger partial charge in [-0.05, 0) is 55.3 Å². The lowest BCUT2D eigenvalue weighted by atomic mass is 10.1. The van der Waals surface area contributed by atoms with Crippen LogP contribution in [0.4, 0.5) is 9.18 Å². The zero-order valence-electron chi connectivity index (χ0n) is 13.7. The molecule has 1 aliphatic heterocycles. The second-order valence-electron chi connectivity index (χ2n) is 6.63. The SMILES string of the molecule is CC(C)(C)OC(=O)N1CC[C@H](NC(=O)c2cc(Br)c(Cl)cc2F)C1. The van der Waals surface area contributed by atoms with Crippen molar-refractivity contribution >= 4 is 39.5 Å². The molecule has 1 aromatic rings. The van der Waals surface area contributed by atoms with Crippen LogP contribution < -0.4 is 5.32 Å². The van der Waals surface area contributed by atoms with Crippen LogP contribution in [-0.4, -0.2) is 41.6 Å². The lowest BCUT2D eigenvalue weighted by Gasteiger charge is -2.24. The quantitative estimate of drug-likeness (QED) is 0.735. The molecule has 1 aliphatic rings. The van der Waals surface area contributed by atoms with Crippen molar-refractivity contribution < 1.29 is 18.7 Å². The summed E-state index contributed by atoms with van der Waals surface area (Å²) in [6.45, 7) is 6.19. The van der Waals surface area contributed by atoms with Crippen LogP contribution in [0, 0.1) is 5.82 Å². The van der Waals surface area contributed by atoms with Crippen LogP contribution >= 0.6 is 27.5 Å². The van der Waals surface area contributed by atoms with Gasteiger partial charge in [0, 0.05) is 23.6 Å². The molecular formula is C16H19BrClFN2O3. The van der Waals surface area contributed by atoms with E-state index in [1.807, 2.05) is 0 Å². The van der Waals surface area contributed by atoms with Crippen LogP contribution in [0.25, 0.3) is 0 Å². The van der Waals surface area contributed by atoms with Crippen LogP contribution in [-0.2, 0) is 4.74 Å².